The van der Waals surface area contributed by atoms with Crippen LogP contribution in [0.5, 0.6) is 0 Å². The van der Waals surface area contributed by atoms with E-state index >= 15 is 0 Å². The van der Waals surface area contributed by atoms with E-state index in [1.807, 2.05) is 13.0 Å². The van der Waals surface area contributed by atoms with Gasteiger partial charge in [-0.3, -0.25) is 0 Å². The zero-order chi connectivity index (χ0) is 14.0. The summed E-state index contributed by atoms with van der Waals surface area (Å²) < 4.78 is 28.1. The Kier molecular flexibility index (Phi) is 4.14. The molecule has 1 aromatic carbocycles. The first-order valence-electron chi connectivity index (χ1n) is 5.82. The lowest BCUT2D eigenvalue weighted by molar-refractivity contribution is 0.544. The van der Waals surface area contributed by atoms with E-state index in [4.69, 9.17) is 0 Å². The first kappa shape index (κ1) is 13.9. The molecule has 0 aliphatic heterocycles. The number of rotatable bonds is 3. The molecule has 0 aliphatic rings. The first-order chi connectivity index (χ1) is 8.99. The number of pyridine rings is 1. The Morgan fingerprint density at radius 3 is 2.37 bits per heavy atom. The van der Waals surface area contributed by atoms with Gasteiger partial charge in [0.25, 0.3) is 0 Å². The number of nitrogens with one attached hydrogen (secondary N) is 1. The molecule has 0 radical (unpaired) electrons. The molecule has 0 amide bonds. The van der Waals surface area contributed by atoms with Gasteiger partial charge in [-0.2, -0.15) is 0 Å². The summed E-state index contributed by atoms with van der Waals surface area (Å²) in [6, 6.07) is 6.98. The van der Waals surface area contributed by atoms with Gasteiger partial charge in [-0.25, -0.2) is 13.8 Å². The van der Waals surface area contributed by atoms with Crippen LogP contribution in [-0.4, -0.2) is 4.98 Å². The molecule has 0 aliphatic carbocycles. The van der Waals surface area contributed by atoms with E-state index in [0.29, 0.717) is 0 Å². The van der Waals surface area contributed by atoms with Gasteiger partial charge < -0.3 is 5.32 Å². The van der Waals surface area contributed by atoms with Gasteiger partial charge in [-0.15, -0.1) is 0 Å². The highest BCUT2D eigenvalue weighted by Gasteiger charge is 2.16. The highest BCUT2D eigenvalue weighted by molar-refractivity contribution is 9.10. The van der Waals surface area contributed by atoms with Gasteiger partial charge in [0.1, 0.15) is 16.2 Å². The molecule has 5 heteroatoms. The molecule has 1 heterocycles. The Morgan fingerprint density at radius 1 is 1.16 bits per heavy atom. The van der Waals surface area contributed by atoms with Gasteiger partial charge in [-0.1, -0.05) is 6.07 Å². The third-order valence-corrected chi connectivity index (χ3v) is 3.30. The number of hydrogen-bond donors (Lipinski definition) is 1. The van der Waals surface area contributed by atoms with Crippen LogP contribution >= 0.6 is 15.9 Å². The second kappa shape index (κ2) is 5.65. The molecule has 100 valence electrons. The number of halogens is 3. The van der Waals surface area contributed by atoms with Crippen LogP contribution in [0.25, 0.3) is 0 Å². The number of hydrogen-bond acceptors (Lipinski definition) is 2. The molecule has 1 N–H and O–H groups in total. The summed E-state index contributed by atoms with van der Waals surface area (Å²) in [4.78, 5) is 4.23. The number of anilines is 1. The summed E-state index contributed by atoms with van der Waals surface area (Å²) in [5.41, 5.74) is 1.54. The van der Waals surface area contributed by atoms with Crippen molar-refractivity contribution in [3.63, 3.8) is 0 Å². The molecule has 0 fully saturated rings. The van der Waals surface area contributed by atoms with Crippen molar-refractivity contribution < 1.29 is 8.78 Å². The van der Waals surface area contributed by atoms with Gasteiger partial charge in [0.2, 0.25) is 0 Å². The van der Waals surface area contributed by atoms with Crippen LogP contribution in [0.1, 0.15) is 24.2 Å². The van der Waals surface area contributed by atoms with Crippen molar-refractivity contribution in [3.8, 4) is 0 Å². The Morgan fingerprint density at radius 2 is 1.79 bits per heavy atom. The van der Waals surface area contributed by atoms with Crippen molar-refractivity contribution in [1.82, 2.24) is 4.98 Å². The first-order valence-corrected chi connectivity index (χ1v) is 6.62. The van der Waals surface area contributed by atoms with Crippen molar-refractivity contribution in [2.45, 2.75) is 19.9 Å². The van der Waals surface area contributed by atoms with E-state index in [9.17, 15) is 8.78 Å². The average Bonchev–Trinajstić information content (AvgIpc) is 2.32. The van der Waals surface area contributed by atoms with Crippen LogP contribution in [0.15, 0.2) is 34.9 Å². The number of benzene rings is 1. The molecule has 0 saturated carbocycles. The minimum atomic E-state index is -0.553. The van der Waals surface area contributed by atoms with E-state index in [2.05, 4.69) is 26.2 Å². The lowest BCUT2D eigenvalue weighted by Gasteiger charge is -2.18. The molecular formula is C14H13BrF2N2. The minimum Gasteiger partial charge on any atom is -0.377 e. The van der Waals surface area contributed by atoms with E-state index < -0.39 is 17.7 Å². The zero-order valence-corrected chi connectivity index (χ0v) is 12.1. The summed E-state index contributed by atoms with van der Waals surface area (Å²) in [6.45, 7) is 3.54. The van der Waals surface area contributed by atoms with Crippen molar-refractivity contribution in [1.29, 1.82) is 0 Å². The fraction of sp³-hybridized carbons (Fsp3) is 0.214. The molecule has 2 rings (SSSR count). The standard InChI is InChI=1S/C14H13BrF2N2/c1-8-12(6-7-13(15)19-8)18-9(2)14-10(16)4-3-5-11(14)17/h3-7,9,18H,1-2H3. The molecule has 1 aromatic heterocycles. The lowest BCUT2D eigenvalue weighted by Crippen LogP contribution is -2.12. The average molecular weight is 327 g/mol. The van der Waals surface area contributed by atoms with Crippen molar-refractivity contribution in [3.05, 3.63) is 57.8 Å². The second-order valence-electron chi connectivity index (χ2n) is 4.27. The minimum absolute atomic E-state index is 0.0322. The van der Waals surface area contributed by atoms with E-state index in [0.717, 1.165) is 16.0 Å². The largest absolute Gasteiger partial charge is 0.377 e. The Balaban J connectivity index is 2.28. The van der Waals surface area contributed by atoms with Gasteiger partial charge in [0.05, 0.1) is 17.4 Å². The highest BCUT2D eigenvalue weighted by Crippen LogP contribution is 2.26. The van der Waals surface area contributed by atoms with E-state index in [-0.39, 0.29) is 5.56 Å². The van der Waals surface area contributed by atoms with Gasteiger partial charge in [-0.05, 0) is 54.0 Å². The molecule has 0 spiro atoms. The van der Waals surface area contributed by atoms with Gasteiger partial charge in [0, 0.05) is 5.56 Å². The molecule has 2 aromatic rings. The topological polar surface area (TPSA) is 24.9 Å². The molecule has 0 saturated heterocycles. The summed E-state index contributed by atoms with van der Waals surface area (Å²) in [5.74, 6) is -1.11. The number of aromatic nitrogens is 1. The van der Waals surface area contributed by atoms with Crippen molar-refractivity contribution in [2.24, 2.45) is 0 Å². The molecule has 0 bridgehead atoms. The predicted molar refractivity (Wildman–Crippen MR) is 75.1 cm³/mol. The maximum atomic E-state index is 13.7. The maximum Gasteiger partial charge on any atom is 0.131 e. The maximum absolute atomic E-state index is 13.7. The summed E-state index contributed by atoms with van der Waals surface area (Å²) in [5, 5.41) is 3.07. The van der Waals surface area contributed by atoms with E-state index in [1.54, 1.807) is 13.0 Å². The fourth-order valence-electron chi connectivity index (χ4n) is 1.91. The zero-order valence-electron chi connectivity index (χ0n) is 10.5. The lowest BCUT2D eigenvalue weighted by atomic mass is 10.1. The normalized spacial score (nSPS) is 12.3. The Hall–Kier alpha value is -1.49. The number of nitrogens with zero attached hydrogens (tertiary/aromatic N) is 1. The van der Waals surface area contributed by atoms with Gasteiger partial charge in [0.15, 0.2) is 0 Å². The monoisotopic (exact) mass is 326 g/mol. The van der Waals surface area contributed by atoms with Gasteiger partial charge >= 0.3 is 0 Å². The predicted octanol–water partition coefficient (Wildman–Crippen LogP) is 4.60. The molecule has 1 unspecified atom stereocenters. The SMILES string of the molecule is Cc1nc(Br)ccc1NC(C)c1c(F)cccc1F. The van der Waals surface area contributed by atoms with Crippen molar-refractivity contribution >= 4 is 21.6 Å². The van der Waals surface area contributed by atoms with Crippen LogP contribution in [-0.2, 0) is 0 Å². The molecule has 2 nitrogen and oxygen atoms in total. The van der Waals surface area contributed by atoms with Crippen molar-refractivity contribution in [2.75, 3.05) is 5.32 Å². The summed E-state index contributed by atoms with van der Waals surface area (Å²) in [6.07, 6.45) is 0. The fourth-order valence-corrected chi connectivity index (χ4v) is 2.31. The third kappa shape index (κ3) is 3.10. The summed E-state index contributed by atoms with van der Waals surface area (Å²) in [7, 11) is 0. The quantitative estimate of drug-likeness (QED) is 0.833. The second-order valence-corrected chi connectivity index (χ2v) is 5.08. The number of aryl methyl sites for hydroxylation is 1. The molecule has 1 atom stereocenters. The third-order valence-electron chi connectivity index (χ3n) is 2.86. The van der Waals surface area contributed by atoms with E-state index in [1.165, 1.54) is 18.2 Å². The van der Waals surface area contributed by atoms with Crippen LogP contribution in [0.2, 0.25) is 0 Å². The Bertz CT molecular complexity index is 582. The smallest absolute Gasteiger partial charge is 0.131 e. The van der Waals surface area contributed by atoms with Crippen LogP contribution < -0.4 is 5.32 Å². The molecular weight excluding hydrogens is 314 g/mol. The summed E-state index contributed by atoms with van der Waals surface area (Å²) >= 11 is 3.27. The van der Waals surface area contributed by atoms with Crippen LogP contribution in [0.4, 0.5) is 14.5 Å². The highest BCUT2D eigenvalue weighted by atomic mass is 79.9. The Labute approximate surface area is 119 Å². The van der Waals surface area contributed by atoms with Crippen LogP contribution in [0, 0.1) is 18.6 Å². The van der Waals surface area contributed by atoms with Crippen LogP contribution in [0.3, 0.4) is 0 Å². The molecule has 19 heavy (non-hydrogen) atoms.